The van der Waals surface area contributed by atoms with Gasteiger partial charge in [-0.1, -0.05) is 0 Å². The number of carbonyl (C=O) groups excluding carboxylic acids is 1. The summed E-state index contributed by atoms with van der Waals surface area (Å²) in [4.78, 5) is 12.1. The van der Waals surface area contributed by atoms with Crippen LogP contribution in [-0.2, 0) is 19.6 Å². The number of benzene rings is 1. The first kappa shape index (κ1) is 18.7. The van der Waals surface area contributed by atoms with Crippen molar-refractivity contribution in [3.05, 3.63) is 23.8 Å². The minimum Gasteiger partial charge on any atom is -0.496 e. The van der Waals surface area contributed by atoms with E-state index in [1.54, 1.807) is 13.0 Å². The van der Waals surface area contributed by atoms with Crippen LogP contribution in [0.15, 0.2) is 23.1 Å². The van der Waals surface area contributed by atoms with Crippen LogP contribution in [0.5, 0.6) is 5.75 Å². The van der Waals surface area contributed by atoms with Crippen molar-refractivity contribution in [2.75, 3.05) is 33.9 Å². The number of hydrogen-bond acceptors (Lipinski definition) is 5. The van der Waals surface area contributed by atoms with Crippen molar-refractivity contribution in [3.8, 4) is 5.75 Å². The predicted octanol–water partition coefficient (Wildman–Crippen LogP) is 0.919. The third-order valence-electron chi connectivity index (χ3n) is 3.99. The molecule has 0 saturated carbocycles. The number of aryl methyl sites for hydroxylation is 1. The molecule has 0 spiro atoms. The van der Waals surface area contributed by atoms with Crippen LogP contribution in [-0.4, -0.2) is 58.6 Å². The Hall–Kier alpha value is -1.64. The molecule has 1 aliphatic rings. The number of amides is 1. The predicted molar refractivity (Wildman–Crippen MR) is 89.5 cm³/mol. The average Bonchev–Trinajstić information content (AvgIpc) is 3.06. The van der Waals surface area contributed by atoms with Gasteiger partial charge >= 0.3 is 0 Å². The van der Waals surface area contributed by atoms with E-state index in [4.69, 9.17) is 9.47 Å². The lowest BCUT2D eigenvalue weighted by Gasteiger charge is -2.18. The van der Waals surface area contributed by atoms with Crippen LogP contribution in [0.3, 0.4) is 0 Å². The Morgan fingerprint density at radius 2 is 2.21 bits per heavy atom. The summed E-state index contributed by atoms with van der Waals surface area (Å²) in [5, 5.41) is 2.72. The SMILES string of the molecule is COc1ccc(S(=O)(=O)N(C)CC(=O)NC[C@@H]2CCCO2)cc1C. The van der Waals surface area contributed by atoms with Gasteiger partial charge in [-0.25, -0.2) is 8.42 Å². The van der Waals surface area contributed by atoms with Crippen molar-refractivity contribution in [3.63, 3.8) is 0 Å². The molecule has 1 N–H and O–H groups in total. The summed E-state index contributed by atoms with van der Waals surface area (Å²) < 4.78 is 36.7. The summed E-state index contributed by atoms with van der Waals surface area (Å²) in [7, 11) is -0.815. The van der Waals surface area contributed by atoms with Gasteiger partial charge in [-0.2, -0.15) is 4.31 Å². The number of nitrogens with zero attached hydrogens (tertiary/aromatic N) is 1. The highest BCUT2D eigenvalue weighted by Gasteiger charge is 2.24. The van der Waals surface area contributed by atoms with E-state index in [1.807, 2.05) is 0 Å². The zero-order valence-corrected chi connectivity index (χ0v) is 15.1. The van der Waals surface area contributed by atoms with Crippen molar-refractivity contribution in [2.24, 2.45) is 0 Å². The molecule has 0 radical (unpaired) electrons. The van der Waals surface area contributed by atoms with E-state index in [9.17, 15) is 13.2 Å². The quantitative estimate of drug-likeness (QED) is 0.785. The Balaban J connectivity index is 1.97. The monoisotopic (exact) mass is 356 g/mol. The van der Waals surface area contributed by atoms with Gasteiger partial charge in [-0.15, -0.1) is 0 Å². The van der Waals surface area contributed by atoms with E-state index in [1.165, 1.54) is 26.3 Å². The van der Waals surface area contributed by atoms with E-state index in [-0.39, 0.29) is 23.5 Å². The van der Waals surface area contributed by atoms with Crippen LogP contribution in [0.2, 0.25) is 0 Å². The fourth-order valence-corrected chi connectivity index (χ4v) is 3.78. The van der Waals surface area contributed by atoms with Crippen molar-refractivity contribution in [1.29, 1.82) is 0 Å². The molecule has 1 aromatic carbocycles. The highest BCUT2D eigenvalue weighted by Crippen LogP contribution is 2.23. The zero-order valence-electron chi connectivity index (χ0n) is 14.2. The summed E-state index contributed by atoms with van der Waals surface area (Å²) in [6.45, 7) is 2.66. The molecular weight excluding hydrogens is 332 g/mol. The maximum absolute atomic E-state index is 12.6. The minimum absolute atomic E-state index is 0.0279. The van der Waals surface area contributed by atoms with Gasteiger partial charge in [-0.3, -0.25) is 4.79 Å². The topological polar surface area (TPSA) is 84.9 Å². The fraction of sp³-hybridized carbons (Fsp3) is 0.562. The van der Waals surface area contributed by atoms with Gasteiger partial charge in [0, 0.05) is 20.2 Å². The number of likely N-dealkylation sites (N-methyl/N-ethyl adjacent to an activating group) is 1. The molecule has 1 amide bonds. The number of hydrogen-bond donors (Lipinski definition) is 1. The Morgan fingerprint density at radius 1 is 1.46 bits per heavy atom. The molecular formula is C16H24N2O5S. The molecule has 1 aromatic rings. The fourth-order valence-electron chi connectivity index (χ4n) is 2.57. The van der Waals surface area contributed by atoms with E-state index >= 15 is 0 Å². The largest absolute Gasteiger partial charge is 0.496 e. The zero-order chi connectivity index (χ0) is 17.7. The van der Waals surface area contributed by atoms with Gasteiger partial charge in [0.25, 0.3) is 0 Å². The first-order chi connectivity index (χ1) is 11.3. The lowest BCUT2D eigenvalue weighted by molar-refractivity contribution is -0.121. The number of ether oxygens (including phenoxy) is 2. The molecule has 1 aliphatic heterocycles. The molecule has 7 nitrogen and oxygen atoms in total. The van der Waals surface area contributed by atoms with Crippen molar-refractivity contribution >= 4 is 15.9 Å². The van der Waals surface area contributed by atoms with Crippen LogP contribution in [0.4, 0.5) is 0 Å². The van der Waals surface area contributed by atoms with Crippen molar-refractivity contribution in [1.82, 2.24) is 9.62 Å². The molecule has 134 valence electrons. The Labute approximate surface area is 143 Å². The number of rotatable bonds is 7. The van der Waals surface area contributed by atoms with E-state index in [0.29, 0.717) is 18.9 Å². The Bertz CT molecular complexity index is 684. The van der Waals surface area contributed by atoms with E-state index in [0.717, 1.165) is 22.7 Å². The highest BCUT2D eigenvalue weighted by molar-refractivity contribution is 7.89. The Morgan fingerprint density at radius 3 is 2.79 bits per heavy atom. The number of sulfonamides is 1. The maximum Gasteiger partial charge on any atom is 0.243 e. The highest BCUT2D eigenvalue weighted by atomic mass is 32.2. The summed E-state index contributed by atoms with van der Waals surface area (Å²) in [6, 6.07) is 4.62. The molecule has 24 heavy (non-hydrogen) atoms. The van der Waals surface area contributed by atoms with Crippen molar-refractivity contribution in [2.45, 2.75) is 30.8 Å². The number of methoxy groups -OCH3 is 1. The van der Waals surface area contributed by atoms with Gasteiger partial charge < -0.3 is 14.8 Å². The summed E-state index contributed by atoms with van der Waals surface area (Å²) in [6.07, 6.45) is 1.94. The molecule has 1 atom stereocenters. The molecule has 8 heteroatoms. The molecule has 0 unspecified atom stereocenters. The molecule has 2 rings (SSSR count). The maximum atomic E-state index is 12.6. The molecule has 0 aromatic heterocycles. The lowest BCUT2D eigenvalue weighted by atomic mass is 10.2. The standard InChI is InChI=1S/C16H24N2O5S/c1-12-9-14(6-7-15(12)22-3)24(20,21)18(2)11-16(19)17-10-13-5-4-8-23-13/h6-7,9,13H,4-5,8,10-11H2,1-3H3,(H,17,19)/t13-/m0/s1. The summed E-state index contributed by atoms with van der Waals surface area (Å²) in [5.74, 6) is 0.271. The molecule has 1 heterocycles. The van der Waals surface area contributed by atoms with Crippen LogP contribution in [0.25, 0.3) is 0 Å². The van der Waals surface area contributed by atoms with Crippen LogP contribution >= 0.6 is 0 Å². The molecule has 1 saturated heterocycles. The third-order valence-corrected chi connectivity index (χ3v) is 5.79. The van der Waals surface area contributed by atoms with Gasteiger partial charge in [0.2, 0.25) is 15.9 Å². The number of nitrogens with one attached hydrogen (secondary N) is 1. The Kier molecular flexibility index (Phi) is 6.20. The van der Waals surface area contributed by atoms with Crippen LogP contribution in [0, 0.1) is 6.92 Å². The summed E-state index contributed by atoms with van der Waals surface area (Å²) in [5.41, 5.74) is 0.717. The normalized spacial score (nSPS) is 17.9. The van der Waals surface area contributed by atoms with E-state index in [2.05, 4.69) is 5.32 Å². The first-order valence-electron chi connectivity index (χ1n) is 7.84. The third kappa shape index (κ3) is 4.46. The second-order valence-corrected chi connectivity index (χ2v) is 7.88. The molecule has 1 fully saturated rings. The van der Waals surface area contributed by atoms with Crippen LogP contribution < -0.4 is 10.1 Å². The van der Waals surface area contributed by atoms with Crippen molar-refractivity contribution < 1.29 is 22.7 Å². The lowest BCUT2D eigenvalue weighted by Crippen LogP contribution is -2.40. The van der Waals surface area contributed by atoms with Gasteiger partial charge in [0.1, 0.15) is 5.75 Å². The second-order valence-electron chi connectivity index (χ2n) is 5.83. The average molecular weight is 356 g/mol. The minimum atomic E-state index is -3.73. The van der Waals surface area contributed by atoms with E-state index < -0.39 is 10.0 Å². The molecule has 0 aliphatic carbocycles. The van der Waals surface area contributed by atoms with Crippen LogP contribution in [0.1, 0.15) is 18.4 Å². The molecule has 0 bridgehead atoms. The van der Waals surface area contributed by atoms with Gasteiger partial charge in [0.15, 0.2) is 0 Å². The van der Waals surface area contributed by atoms with Gasteiger partial charge in [0.05, 0.1) is 24.7 Å². The second kappa shape index (κ2) is 7.96. The first-order valence-corrected chi connectivity index (χ1v) is 9.28. The van der Waals surface area contributed by atoms with Gasteiger partial charge in [-0.05, 0) is 43.5 Å². The smallest absolute Gasteiger partial charge is 0.243 e. The summed E-state index contributed by atoms with van der Waals surface area (Å²) >= 11 is 0. The number of carbonyl (C=O) groups is 1.